The van der Waals surface area contributed by atoms with E-state index in [9.17, 15) is 0 Å². The van der Waals surface area contributed by atoms with Gasteiger partial charge in [0.2, 0.25) is 5.78 Å². The zero-order valence-electron chi connectivity index (χ0n) is 11.0. The Hall–Kier alpha value is -3.15. The summed E-state index contributed by atoms with van der Waals surface area (Å²) < 4.78 is 1.87. The second-order valence-electron chi connectivity index (χ2n) is 4.59. The molecule has 0 aliphatic carbocycles. The Morgan fingerprint density at radius 1 is 1.24 bits per heavy atom. The maximum atomic E-state index is 6.05. The predicted molar refractivity (Wildman–Crippen MR) is 81.0 cm³/mol. The number of hydrogen-bond acceptors (Lipinski definition) is 5. The van der Waals surface area contributed by atoms with Crippen molar-refractivity contribution in [2.75, 3.05) is 5.73 Å². The van der Waals surface area contributed by atoms with Crippen molar-refractivity contribution >= 4 is 23.9 Å². The minimum Gasteiger partial charge on any atom is -0.382 e. The van der Waals surface area contributed by atoms with Gasteiger partial charge in [-0.3, -0.25) is 4.40 Å². The van der Waals surface area contributed by atoms with Crippen LogP contribution in [-0.4, -0.2) is 20.6 Å². The number of hydrogen-bond donors (Lipinski definition) is 1. The fourth-order valence-electron chi connectivity index (χ4n) is 2.37. The summed E-state index contributed by atoms with van der Waals surface area (Å²) in [6, 6.07) is 7.64. The molecule has 0 unspecified atom stereocenters. The fourth-order valence-corrected chi connectivity index (χ4v) is 2.37. The summed E-state index contributed by atoms with van der Waals surface area (Å²) in [5, 5.41) is 3.81. The molecular formula is C15H11N5O. The van der Waals surface area contributed by atoms with Crippen LogP contribution in [-0.2, 0) is 0 Å². The Kier molecular flexibility index (Phi) is 2.47. The molecule has 2 N–H and O–H groups in total. The number of oxime groups is 1. The van der Waals surface area contributed by atoms with Crippen LogP contribution in [0, 0.1) is 0 Å². The number of aromatic nitrogens is 3. The van der Waals surface area contributed by atoms with Crippen molar-refractivity contribution in [3.63, 3.8) is 0 Å². The van der Waals surface area contributed by atoms with Crippen LogP contribution in [0.15, 0.2) is 47.9 Å². The van der Waals surface area contributed by atoms with Gasteiger partial charge in [-0.25, -0.2) is 4.98 Å². The zero-order chi connectivity index (χ0) is 14.2. The highest BCUT2D eigenvalue weighted by Gasteiger charge is 2.14. The number of nitrogen functional groups attached to an aromatic ring is 1. The van der Waals surface area contributed by atoms with Crippen LogP contribution in [0.4, 0.5) is 5.82 Å². The van der Waals surface area contributed by atoms with Crippen molar-refractivity contribution in [1.29, 1.82) is 0 Å². The Labute approximate surface area is 120 Å². The molecule has 0 spiro atoms. The van der Waals surface area contributed by atoms with Crippen molar-refractivity contribution in [2.45, 2.75) is 0 Å². The maximum absolute atomic E-state index is 6.05. The van der Waals surface area contributed by atoms with Gasteiger partial charge in [0.15, 0.2) is 11.6 Å². The highest BCUT2D eigenvalue weighted by Crippen LogP contribution is 2.31. The molecule has 2 aromatic heterocycles. The molecule has 1 aliphatic heterocycles. The predicted octanol–water partition coefficient (Wildman–Crippen LogP) is 2.37. The van der Waals surface area contributed by atoms with Gasteiger partial charge in [0.05, 0.1) is 11.9 Å². The van der Waals surface area contributed by atoms with Crippen LogP contribution < -0.4 is 10.6 Å². The molecule has 0 amide bonds. The number of nitrogens with two attached hydrogens (primary N) is 1. The van der Waals surface area contributed by atoms with E-state index in [1.807, 2.05) is 47.0 Å². The topological polar surface area (TPSA) is 77.8 Å². The van der Waals surface area contributed by atoms with E-state index in [0.717, 1.165) is 16.8 Å². The third-order valence-electron chi connectivity index (χ3n) is 3.29. The summed E-state index contributed by atoms with van der Waals surface area (Å²) in [5.41, 5.74) is 8.75. The lowest BCUT2D eigenvalue weighted by atomic mass is 10.1. The Morgan fingerprint density at radius 2 is 2.19 bits per heavy atom. The molecule has 0 fully saturated rings. The standard InChI is InChI=1S/C15H11N5O/c16-14-13(20-8-2-6-17-15(20)19-14)11-4-5-12-10(9-11)3-1-7-18-21-12/h1-9H,16H2. The second kappa shape index (κ2) is 4.45. The van der Waals surface area contributed by atoms with E-state index in [4.69, 9.17) is 10.6 Å². The van der Waals surface area contributed by atoms with E-state index in [-0.39, 0.29) is 0 Å². The SMILES string of the molecule is Nc1nc2ncccn2c1-c1ccc2c(c1)C=CC=NO2. The van der Waals surface area contributed by atoms with Gasteiger partial charge in [-0.2, -0.15) is 4.98 Å². The van der Waals surface area contributed by atoms with E-state index in [1.165, 1.54) is 0 Å². The highest BCUT2D eigenvalue weighted by atomic mass is 16.6. The summed E-state index contributed by atoms with van der Waals surface area (Å²) in [6.45, 7) is 0. The van der Waals surface area contributed by atoms with Crippen molar-refractivity contribution in [2.24, 2.45) is 5.16 Å². The van der Waals surface area contributed by atoms with E-state index >= 15 is 0 Å². The number of rotatable bonds is 1. The average molecular weight is 277 g/mol. The molecule has 3 heterocycles. The van der Waals surface area contributed by atoms with E-state index < -0.39 is 0 Å². The quantitative estimate of drug-likeness (QED) is 0.740. The molecular weight excluding hydrogens is 266 g/mol. The largest absolute Gasteiger partial charge is 0.382 e. The minimum atomic E-state index is 0.448. The lowest BCUT2D eigenvalue weighted by Gasteiger charge is -2.07. The Balaban J connectivity index is 1.94. The first-order valence-corrected chi connectivity index (χ1v) is 6.43. The zero-order valence-corrected chi connectivity index (χ0v) is 11.0. The van der Waals surface area contributed by atoms with E-state index in [1.54, 1.807) is 12.4 Å². The fraction of sp³-hybridized carbons (Fsp3) is 0. The molecule has 21 heavy (non-hydrogen) atoms. The minimum absolute atomic E-state index is 0.448. The molecule has 4 rings (SSSR count). The number of allylic oxidation sites excluding steroid dienone is 1. The molecule has 0 atom stereocenters. The monoisotopic (exact) mass is 277 g/mol. The van der Waals surface area contributed by atoms with Crippen molar-refractivity contribution in [3.8, 4) is 17.0 Å². The summed E-state index contributed by atoms with van der Waals surface area (Å²) >= 11 is 0. The van der Waals surface area contributed by atoms with Crippen LogP contribution >= 0.6 is 0 Å². The van der Waals surface area contributed by atoms with Crippen LogP contribution in [0.2, 0.25) is 0 Å². The van der Waals surface area contributed by atoms with Gasteiger partial charge in [-0.15, -0.1) is 0 Å². The molecule has 1 aromatic carbocycles. The molecule has 6 nitrogen and oxygen atoms in total. The van der Waals surface area contributed by atoms with Gasteiger partial charge in [-0.1, -0.05) is 5.16 Å². The maximum Gasteiger partial charge on any atom is 0.236 e. The van der Waals surface area contributed by atoms with Crippen LogP contribution in [0.25, 0.3) is 23.1 Å². The number of nitrogens with zero attached hydrogens (tertiary/aromatic N) is 4. The third kappa shape index (κ3) is 1.85. The number of anilines is 1. The Morgan fingerprint density at radius 3 is 3.14 bits per heavy atom. The second-order valence-corrected chi connectivity index (χ2v) is 4.59. The van der Waals surface area contributed by atoms with Gasteiger partial charge < -0.3 is 10.6 Å². The van der Waals surface area contributed by atoms with Crippen LogP contribution in [0.1, 0.15) is 5.56 Å². The summed E-state index contributed by atoms with van der Waals surface area (Å²) in [6.07, 6.45) is 8.95. The highest BCUT2D eigenvalue weighted by molar-refractivity contribution is 5.83. The normalized spacial score (nSPS) is 13.0. The van der Waals surface area contributed by atoms with Crippen molar-refractivity contribution in [1.82, 2.24) is 14.4 Å². The van der Waals surface area contributed by atoms with Gasteiger partial charge in [0, 0.05) is 23.5 Å². The number of benzene rings is 1. The van der Waals surface area contributed by atoms with E-state index in [2.05, 4.69) is 15.1 Å². The van der Waals surface area contributed by atoms with E-state index in [0.29, 0.717) is 17.3 Å². The summed E-state index contributed by atoms with van der Waals surface area (Å²) in [4.78, 5) is 13.8. The van der Waals surface area contributed by atoms with Gasteiger partial charge in [-0.05, 0) is 36.4 Å². The average Bonchev–Trinajstić information content (AvgIpc) is 2.68. The molecule has 0 saturated heterocycles. The first-order chi connectivity index (χ1) is 10.3. The molecule has 0 saturated carbocycles. The van der Waals surface area contributed by atoms with Gasteiger partial charge >= 0.3 is 0 Å². The smallest absolute Gasteiger partial charge is 0.236 e. The van der Waals surface area contributed by atoms with Crippen LogP contribution in [0.3, 0.4) is 0 Å². The van der Waals surface area contributed by atoms with Crippen molar-refractivity contribution in [3.05, 3.63) is 48.3 Å². The summed E-state index contributed by atoms with van der Waals surface area (Å²) in [7, 11) is 0. The molecule has 0 radical (unpaired) electrons. The molecule has 1 aliphatic rings. The van der Waals surface area contributed by atoms with Gasteiger partial charge in [0.1, 0.15) is 0 Å². The Bertz CT molecular complexity index is 894. The first kappa shape index (κ1) is 11.7. The lowest BCUT2D eigenvalue weighted by Crippen LogP contribution is -1.93. The first-order valence-electron chi connectivity index (χ1n) is 6.43. The summed E-state index contributed by atoms with van der Waals surface area (Å²) in [5.74, 6) is 1.73. The molecule has 3 aromatic rings. The lowest BCUT2D eigenvalue weighted by molar-refractivity contribution is 0.344. The number of fused-ring (bicyclic) bond motifs is 2. The number of imidazole rings is 1. The molecule has 102 valence electrons. The molecule has 0 bridgehead atoms. The van der Waals surface area contributed by atoms with Gasteiger partial charge in [0.25, 0.3) is 0 Å². The molecule has 6 heteroatoms. The van der Waals surface area contributed by atoms with Crippen LogP contribution in [0.5, 0.6) is 5.75 Å². The van der Waals surface area contributed by atoms with Crippen molar-refractivity contribution < 1.29 is 4.84 Å². The third-order valence-corrected chi connectivity index (χ3v) is 3.29.